The van der Waals surface area contributed by atoms with Gasteiger partial charge in [-0.3, -0.25) is 0 Å². The van der Waals surface area contributed by atoms with Crippen LogP contribution in [0, 0.1) is 0 Å². The molecular formula is C3H3Cl3P2Zr. The zero-order chi connectivity index (χ0) is 4.41. The summed E-state index contributed by atoms with van der Waals surface area (Å²) in [4.78, 5) is 0. The first-order valence-corrected chi connectivity index (χ1v) is 5.65. The predicted molar refractivity (Wildman–Crippen MR) is 28.1 cm³/mol. The fourth-order valence-corrected chi connectivity index (χ4v) is 4.14. The molecule has 1 unspecified atom stereocenters. The molecule has 0 N–H and O–H groups in total. The summed E-state index contributed by atoms with van der Waals surface area (Å²) in [7, 11) is 2.63. The van der Waals surface area contributed by atoms with Gasteiger partial charge >= 0.3 is 55.3 Å². The molecule has 0 nitrogen and oxygen atoms in total. The van der Waals surface area contributed by atoms with Crippen LogP contribution in [0.3, 0.4) is 0 Å². The van der Waals surface area contributed by atoms with E-state index in [1.165, 1.54) is 0 Å². The third kappa shape index (κ3) is 7.86. The van der Waals surface area contributed by atoms with Crippen LogP contribution in [0.2, 0.25) is 0 Å². The summed E-state index contributed by atoms with van der Waals surface area (Å²) in [5.41, 5.74) is 0. The van der Waals surface area contributed by atoms with Gasteiger partial charge in [0, 0.05) is 0 Å². The molecule has 1 aromatic heterocycles. The van der Waals surface area contributed by atoms with Gasteiger partial charge in [0.1, 0.15) is 0 Å². The predicted octanol–water partition coefficient (Wildman–Crippen LogP) is -7.52. The Balaban J connectivity index is -0.000000120. The summed E-state index contributed by atoms with van der Waals surface area (Å²) >= 11 is 1.59. The van der Waals surface area contributed by atoms with Gasteiger partial charge in [-0.05, 0) is 0 Å². The minimum atomic E-state index is 0. The summed E-state index contributed by atoms with van der Waals surface area (Å²) in [6, 6.07) is 2.23. The second-order valence-corrected chi connectivity index (χ2v) is 6.06. The van der Waals surface area contributed by atoms with Gasteiger partial charge in [0.25, 0.3) is 0 Å². The van der Waals surface area contributed by atoms with Crippen molar-refractivity contribution in [1.82, 2.24) is 0 Å². The molecule has 0 bridgehead atoms. The van der Waals surface area contributed by atoms with E-state index in [4.69, 9.17) is 0 Å². The molecule has 0 aromatic carbocycles. The summed E-state index contributed by atoms with van der Waals surface area (Å²) in [6.07, 6.45) is 0. The minimum absolute atomic E-state index is 0. The molecule has 1 rings (SSSR count). The second-order valence-electron chi connectivity index (χ2n) is 0.959. The van der Waals surface area contributed by atoms with E-state index in [2.05, 4.69) is 11.9 Å². The van der Waals surface area contributed by atoms with E-state index >= 15 is 0 Å². The van der Waals surface area contributed by atoms with Crippen LogP contribution >= 0.6 is 15.7 Å². The molecule has 6 heteroatoms. The molecule has 0 fully saturated rings. The average molecular weight is 299 g/mol. The number of halogens is 3. The Labute approximate surface area is 91.7 Å². The van der Waals surface area contributed by atoms with Crippen LogP contribution in [0.5, 0.6) is 0 Å². The van der Waals surface area contributed by atoms with Gasteiger partial charge in [-0.2, -0.15) is 0 Å². The second kappa shape index (κ2) is 9.96. The molecule has 50 valence electrons. The molecule has 0 aliphatic heterocycles. The molecule has 1 aromatic rings. The fraction of sp³-hybridized carbons (Fsp3) is 0. The van der Waals surface area contributed by atoms with Crippen molar-refractivity contribution in [3.8, 4) is 0 Å². The first-order valence-electron chi connectivity index (χ1n) is 1.61. The Morgan fingerprint density at radius 2 is 1.89 bits per heavy atom. The molecule has 0 aliphatic carbocycles. The van der Waals surface area contributed by atoms with Gasteiger partial charge in [0.15, 0.2) is 0 Å². The number of hydrogen-bond donors (Lipinski definition) is 0. The third-order valence-corrected chi connectivity index (χ3v) is 5.78. The first-order chi connectivity index (χ1) is 2.89. The van der Waals surface area contributed by atoms with Gasteiger partial charge in [0.05, 0.1) is 0 Å². The fourth-order valence-electron chi connectivity index (χ4n) is 0.260. The van der Waals surface area contributed by atoms with Crippen molar-refractivity contribution < 1.29 is 61.9 Å². The Morgan fingerprint density at radius 1 is 1.33 bits per heavy atom. The maximum atomic E-state index is 2.26. The van der Waals surface area contributed by atoms with Crippen LogP contribution in [0.15, 0.2) is 11.9 Å². The van der Waals surface area contributed by atoms with Gasteiger partial charge < -0.3 is 37.2 Å². The van der Waals surface area contributed by atoms with Gasteiger partial charge in [-0.15, -0.1) is 0 Å². The van der Waals surface area contributed by atoms with Crippen molar-refractivity contribution in [1.29, 1.82) is 0 Å². The van der Waals surface area contributed by atoms with Crippen LogP contribution in [0.1, 0.15) is 0 Å². The van der Waals surface area contributed by atoms with Crippen LogP contribution in [-0.4, -0.2) is 0 Å². The van der Waals surface area contributed by atoms with E-state index in [0.717, 1.165) is 7.87 Å². The zero-order valence-electron chi connectivity index (χ0n) is 4.24. The molecule has 0 spiro atoms. The third-order valence-electron chi connectivity index (χ3n) is 0.501. The molecule has 1 atom stereocenters. The van der Waals surface area contributed by atoms with E-state index < -0.39 is 0 Å². The average Bonchev–Trinajstić information content (AvgIpc) is 1.86. The molecule has 0 saturated heterocycles. The molecule has 0 saturated carbocycles. The molecule has 9 heavy (non-hydrogen) atoms. The van der Waals surface area contributed by atoms with Crippen molar-refractivity contribution in [3.05, 3.63) is 11.9 Å². The Hall–Kier alpha value is 1.96. The summed E-state index contributed by atoms with van der Waals surface area (Å²) < 4.78 is 1.60. The normalized spacial score (nSPS) is 7.78. The topological polar surface area (TPSA) is 0 Å². The first kappa shape index (κ1) is 17.2. The van der Waals surface area contributed by atoms with Crippen LogP contribution in [0.25, 0.3) is 0 Å². The molecule has 0 amide bonds. The van der Waals surface area contributed by atoms with Crippen molar-refractivity contribution in [2.24, 2.45) is 0 Å². The monoisotopic (exact) mass is 296 g/mol. The molecular weight excluding hydrogens is 296 g/mol. The molecule has 1 heterocycles. The molecule has 0 radical (unpaired) electrons. The van der Waals surface area contributed by atoms with E-state index in [9.17, 15) is 0 Å². The molecule has 0 aliphatic rings. The van der Waals surface area contributed by atoms with E-state index in [1.54, 1.807) is 35.6 Å². The van der Waals surface area contributed by atoms with Crippen LogP contribution in [-0.2, 0) is 24.7 Å². The van der Waals surface area contributed by atoms with Gasteiger partial charge in [0.2, 0.25) is 0 Å². The van der Waals surface area contributed by atoms with Crippen LogP contribution < -0.4 is 40.2 Å². The Morgan fingerprint density at radius 3 is 2.00 bits per heavy atom. The van der Waals surface area contributed by atoms with Crippen molar-refractivity contribution in [3.63, 3.8) is 0 Å². The Kier molecular flexibility index (Phi) is 19.0. The maximum absolute atomic E-state index is 2.26. The Bertz CT molecular complexity index is 121. The van der Waals surface area contributed by atoms with Crippen LogP contribution in [0.4, 0.5) is 0 Å². The van der Waals surface area contributed by atoms with Crippen molar-refractivity contribution >= 4 is 18.7 Å². The van der Waals surface area contributed by atoms with E-state index in [1.807, 2.05) is 0 Å². The summed E-state index contributed by atoms with van der Waals surface area (Å²) in [6.45, 7) is 0. The van der Waals surface area contributed by atoms with Crippen molar-refractivity contribution in [2.75, 3.05) is 0 Å². The quantitative estimate of drug-likeness (QED) is 0.446. The van der Waals surface area contributed by atoms with E-state index in [0.29, 0.717) is 0 Å². The summed E-state index contributed by atoms with van der Waals surface area (Å²) in [5, 5.41) is 0. The summed E-state index contributed by atoms with van der Waals surface area (Å²) in [5.74, 6) is 2.26. The van der Waals surface area contributed by atoms with Gasteiger partial charge in [-0.25, -0.2) is 0 Å². The number of hydrogen-bond acceptors (Lipinski definition) is 0. The van der Waals surface area contributed by atoms with Crippen molar-refractivity contribution in [2.45, 2.75) is 0 Å². The SMILES string of the molecule is [Cl-].[Cl-].[Cl-].[Zr+3][c]1cc[pH]p1. The van der Waals surface area contributed by atoms with E-state index in [-0.39, 0.29) is 37.2 Å². The van der Waals surface area contributed by atoms with Gasteiger partial charge in [-0.1, -0.05) is 0 Å². The standard InChI is InChI=1S/C3H3P2.3ClH.Zr/c1-2-4-5-3-1;;;;/h1-2,4H;3*1H;/q;;;;+3/p-3. The number of rotatable bonds is 0. The zero-order valence-corrected chi connectivity index (χ0v) is 10.9.